The minimum Gasteiger partial charge on any atom is -0.399 e. The van der Waals surface area contributed by atoms with E-state index in [0.29, 0.717) is 12.0 Å². The van der Waals surface area contributed by atoms with Crippen molar-refractivity contribution in [3.63, 3.8) is 0 Å². The lowest BCUT2D eigenvalue weighted by Crippen LogP contribution is -2.43. The van der Waals surface area contributed by atoms with Gasteiger partial charge in [-0.25, -0.2) is 4.98 Å². The Labute approximate surface area is 119 Å². The van der Waals surface area contributed by atoms with Crippen molar-refractivity contribution in [3.05, 3.63) is 24.0 Å². The van der Waals surface area contributed by atoms with Gasteiger partial charge in [0, 0.05) is 19.3 Å². The smallest absolute Gasteiger partial charge is 0.121 e. The summed E-state index contributed by atoms with van der Waals surface area (Å²) in [4.78, 5) is 10.4. The summed E-state index contributed by atoms with van der Waals surface area (Å²) >= 11 is 0. The van der Waals surface area contributed by atoms with Crippen LogP contribution in [0.1, 0.15) is 19.2 Å². The average molecular weight is 274 g/mol. The molecule has 3 N–H and O–H groups in total. The van der Waals surface area contributed by atoms with Crippen LogP contribution in [0.15, 0.2) is 18.2 Å². The fraction of sp³-hybridized carbons (Fsp3) is 0.533. The molecular weight excluding hydrogens is 252 g/mol. The predicted octanol–water partition coefficient (Wildman–Crippen LogP) is 2.00. The van der Waals surface area contributed by atoms with E-state index in [1.165, 1.54) is 6.42 Å². The number of H-pyrrole nitrogens is 1. The fourth-order valence-electron chi connectivity index (χ4n) is 2.92. The van der Waals surface area contributed by atoms with E-state index < -0.39 is 0 Å². The SMILES string of the molecule is COC1CN(Cc2nc3ccc(N)cc3[nH]2)CCC1C. The van der Waals surface area contributed by atoms with Gasteiger partial charge in [0.2, 0.25) is 0 Å². The second kappa shape index (κ2) is 5.42. The van der Waals surface area contributed by atoms with Crippen molar-refractivity contribution in [2.75, 3.05) is 25.9 Å². The van der Waals surface area contributed by atoms with E-state index in [-0.39, 0.29) is 0 Å². The number of piperidine rings is 1. The first-order chi connectivity index (χ1) is 9.65. The molecule has 1 aromatic heterocycles. The van der Waals surface area contributed by atoms with Gasteiger partial charge in [-0.3, -0.25) is 4.90 Å². The summed E-state index contributed by atoms with van der Waals surface area (Å²) in [6, 6.07) is 5.78. The first-order valence-corrected chi connectivity index (χ1v) is 7.15. The zero-order valence-electron chi connectivity index (χ0n) is 12.1. The van der Waals surface area contributed by atoms with Gasteiger partial charge in [-0.05, 0) is 37.1 Å². The highest BCUT2D eigenvalue weighted by atomic mass is 16.5. The molecule has 1 aromatic carbocycles. The topological polar surface area (TPSA) is 67.2 Å². The highest BCUT2D eigenvalue weighted by Crippen LogP contribution is 2.21. The number of anilines is 1. The number of nitrogens with one attached hydrogen (secondary N) is 1. The monoisotopic (exact) mass is 274 g/mol. The van der Waals surface area contributed by atoms with Crippen LogP contribution in [0, 0.1) is 5.92 Å². The van der Waals surface area contributed by atoms with E-state index in [4.69, 9.17) is 10.5 Å². The number of fused-ring (bicyclic) bond motifs is 1. The van der Waals surface area contributed by atoms with Crippen molar-refractivity contribution in [2.24, 2.45) is 5.92 Å². The van der Waals surface area contributed by atoms with E-state index in [0.717, 1.165) is 42.2 Å². The number of nitrogens with zero attached hydrogens (tertiary/aromatic N) is 2. The van der Waals surface area contributed by atoms with Gasteiger partial charge in [-0.15, -0.1) is 0 Å². The van der Waals surface area contributed by atoms with Gasteiger partial charge in [-0.1, -0.05) is 6.92 Å². The molecule has 108 valence electrons. The number of benzene rings is 1. The summed E-state index contributed by atoms with van der Waals surface area (Å²) in [5.74, 6) is 1.63. The molecule has 20 heavy (non-hydrogen) atoms. The van der Waals surface area contributed by atoms with Crippen molar-refractivity contribution in [3.8, 4) is 0 Å². The maximum absolute atomic E-state index is 5.79. The Morgan fingerprint density at radius 1 is 1.50 bits per heavy atom. The molecule has 1 aliphatic rings. The highest BCUT2D eigenvalue weighted by Gasteiger charge is 2.26. The predicted molar refractivity (Wildman–Crippen MR) is 80.4 cm³/mol. The molecule has 0 amide bonds. The first kappa shape index (κ1) is 13.4. The molecule has 2 heterocycles. The number of likely N-dealkylation sites (tertiary alicyclic amines) is 1. The normalized spacial score (nSPS) is 24.3. The summed E-state index contributed by atoms with van der Waals surface area (Å²) in [5, 5.41) is 0. The lowest BCUT2D eigenvalue weighted by Gasteiger charge is -2.35. The van der Waals surface area contributed by atoms with Crippen LogP contribution >= 0.6 is 0 Å². The number of aromatic nitrogens is 2. The molecule has 0 saturated carbocycles. The molecule has 0 aliphatic carbocycles. The van der Waals surface area contributed by atoms with Crippen molar-refractivity contribution in [1.82, 2.24) is 14.9 Å². The summed E-state index contributed by atoms with van der Waals surface area (Å²) in [6.07, 6.45) is 1.50. The molecule has 0 bridgehead atoms. The molecule has 5 nitrogen and oxygen atoms in total. The number of hydrogen-bond acceptors (Lipinski definition) is 4. The Bertz CT molecular complexity index is 595. The molecule has 3 rings (SSSR count). The number of imidazole rings is 1. The summed E-state index contributed by atoms with van der Waals surface area (Å²) < 4.78 is 5.56. The van der Waals surface area contributed by atoms with Gasteiger partial charge in [0.15, 0.2) is 0 Å². The van der Waals surface area contributed by atoms with Crippen LogP contribution in [-0.4, -0.2) is 41.2 Å². The summed E-state index contributed by atoms with van der Waals surface area (Å²) in [5.41, 5.74) is 8.54. The van der Waals surface area contributed by atoms with E-state index in [9.17, 15) is 0 Å². The van der Waals surface area contributed by atoms with Crippen molar-refractivity contribution in [1.29, 1.82) is 0 Å². The van der Waals surface area contributed by atoms with E-state index in [1.54, 1.807) is 7.11 Å². The third kappa shape index (κ3) is 2.64. The number of nitrogen functional groups attached to an aromatic ring is 1. The first-order valence-electron chi connectivity index (χ1n) is 7.15. The van der Waals surface area contributed by atoms with Gasteiger partial charge >= 0.3 is 0 Å². The van der Waals surface area contributed by atoms with E-state index >= 15 is 0 Å². The standard InChI is InChI=1S/C15H22N4O/c1-10-5-6-19(8-14(10)20-2)9-15-17-12-4-3-11(16)7-13(12)18-15/h3-4,7,10,14H,5-6,8-9,16H2,1-2H3,(H,17,18). The minimum atomic E-state index is 0.323. The summed E-state index contributed by atoms with van der Waals surface area (Å²) in [7, 11) is 1.80. The lowest BCUT2D eigenvalue weighted by molar-refractivity contribution is -0.00806. The number of aromatic amines is 1. The maximum Gasteiger partial charge on any atom is 0.121 e. The van der Waals surface area contributed by atoms with E-state index in [1.807, 2.05) is 18.2 Å². The molecule has 0 spiro atoms. The maximum atomic E-state index is 5.79. The van der Waals surface area contributed by atoms with Crippen LogP contribution in [-0.2, 0) is 11.3 Å². The van der Waals surface area contributed by atoms with Crippen LogP contribution in [0.4, 0.5) is 5.69 Å². The Kier molecular flexibility index (Phi) is 3.63. The van der Waals surface area contributed by atoms with Crippen LogP contribution < -0.4 is 5.73 Å². The van der Waals surface area contributed by atoms with Gasteiger partial charge in [0.05, 0.1) is 23.7 Å². The molecule has 0 radical (unpaired) electrons. The molecule has 1 aliphatic heterocycles. The summed E-state index contributed by atoms with van der Waals surface area (Å²) in [6.45, 7) is 5.16. The Hall–Kier alpha value is -1.59. The Balaban J connectivity index is 1.73. The van der Waals surface area contributed by atoms with Gasteiger partial charge in [0.25, 0.3) is 0 Å². The fourth-order valence-corrected chi connectivity index (χ4v) is 2.92. The molecule has 5 heteroatoms. The molecule has 1 saturated heterocycles. The number of methoxy groups -OCH3 is 1. The molecule has 1 fully saturated rings. The average Bonchev–Trinajstić information content (AvgIpc) is 2.82. The van der Waals surface area contributed by atoms with Gasteiger partial charge in [-0.2, -0.15) is 0 Å². The molecule has 2 unspecified atom stereocenters. The number of nitrogens with two attached hydrogens (primary N) is 1. The molecular formula is C15H22N4O. The lowest BCUT2D eigenvalue weighted by atomic mass is 9.96. The third-order valence-electron chi connectivity index (χ3n) is 4.20. The zero-order valence-corrected chi connectivity index (χ0v) is 12.1. The van der Waals surface area contributed by atoms with Crippen LogP contribution in [0.2, 0.25) is 0 Å². The largest absolute Gasteiger partial charge is 0.399 e. The minimum absolute atomic E-state index is 0.323. The van der Waals surface area contributed by atoms with Crippen molar-refractivity contribution in [2.45, 2.75) is 26.0 Å². The number of hydrogen-bond donors (Lipinski definition) is 2. The second-order valence-electron chi connectivity index (χ2n) is 5.74. The Morgan fingerprint density at radius 3 is 3.15 bits per heavy atom. The number of rotatable bonds is 3. The molecule has 2 aromatic rings. The zero-order chi connectivity index (χ0) is 14.1. The van der Waals surface area contributed by atoms with Crippen LogP contribution in [0.5, 0.6) is 0 Å². The van der Waals surface area contributed by atoms with E-state index in [2.05, 4.69) is 21.8 Å². The van der Waals surface area contributed by atoms with Gasteiger partial charge < -0.3 is 15.5 Å². The van der Waals surface area contributed by atoms with Crippen molar-refractivity contribution < 1.29 is 4.74 Å². The highest BCUT2D eigenvalue weighted by molar-refractivity contribution is 5.78. The van der Waals surface area contributed by atoms with Crippen LogP contribution in [0.25, 0.3) is 11.0 Å². The van der Waals surface area contributed by atoms with Crippen LogP contribution in [0.3, 0.4) is 0 Å². The Morgan fingerprint density at radius 2 is 2.35 bits per heavy atom. The third-order valence-corrected chi connectivity index (χ3v) is 4.20. The van der Waals surface area contributed by atoms with Gasteiger partial charge in [0.1, 0.15) is 5.82 Å². The molecule has 2 atom stereocenters. The quantitative estimate of drug-likeness (QED) is 0.840. The second-order valence-corrected chi connectivity index (χ2v) is 5.74. The van der Waals surface area contributed by atoms with Crippen molar-refractivity contribution >= 4 is 16.7 Å². The number of ether oxygens (including phenoxy) is 1.